The third kappa shape index (κ3) is 2.28. The maximum Gasteiger partial charge on any atom is 0.270 e. The summed E-state index contributed by atoms with van der Waals surface area (Å²) in [5.74, 6) is 2.79. The number of nitrogens with zero attached hydrogens (tertiary/aromatic N) is 2. The van der Waals surface area contributed by atoms with Crippen LogP contribution in [0.4, 0.5) is 0 Å². The van der Waals surface area contributed by atoms with Gasteiger partial charge >= 0.3 is 0 Å². The van der Waals surface area contributed by atoms with E-state index in [0.29, 0.717) is 11.6 Å². The van der Waals surface area contributed by atoms with Gasteiger partial charge in [0.2, 0.25) is 5.88 Å². The second-order valence-corrected chi connectivity index (χ2v) is 7.10. The lowest BCUT2D eigenvalue weighted by Crippen LogP contribution is -2.59. The van der Waals surface area contributed by atoms with Crippen LogP contribution in [0.15, 0.2) is 12.4 Å². The molecular formula is C16H21N3O2. The van der Waals surface area contributed by atoms with Crippen molar-refractivity contribution in [3.63, 3.8) is 0 Å². The van der Waals surface area contributed by atoms with E-state index < -0.39 is 0 Å². The summed E-state index contributed by atoms with van der Waals surface area (Å²) in [7, 11) is 1.54. The molecule has 0 unspecified atom stereocenters. The summed E-state index contributed by atoms with van der Waals surface area (Å²) < 4.78 is 5.07. The summed E-state index contributed by atoms with van der Waals surface area (Å²) >= 11 is 0. The van der Waals surface area contributed by atoms with Crippen LogP contribution in [-0.2, 0) is 0 Å². The van der Waals surface area contributed by atoms with E-state index in [1.54, 1.807) is 13.2 Å². The zero-order valence-corrected chi connectivity index (χ0v) is 12.3. The van der Waals surface area contributed by atoms with Crippen molar-refractivity contribution in [2.45, 2.75) is 44.1 Å². The van der Waals surface area contributed by atoms with E-state index in [1.807, 2.05) is 0 Å². The van der Waals surface area contributed by atoms with Crippen LogP contribution in [0.2, 0.25) is 0 Å². The van der Waals surface area contributed by atoms with Crippen molar-refractivity contribution >= 4 is 5.91 Å². The number of amides is 1. The van der Waals surface area contributed by atoms with Gasteiger partial charge in [-0.05, 0) is 56.3 Å². The van der Waals surface area contributed by atoms with Crippen molar-refractivity contribution < 1.29 is 9.53 Å². The Kier molecular flexibility index (Phi) is 2.91. The number of hydrogen-bond donors (Lipinski definition) is 1. The van der Waals surface area contributed by atoms with E-state index in [1.165, 1.54) is 25.6 Å². The molecule has 0 radical (unpaired) electrons. The first kappa shape index (κ1) is 13.0. The van der Waals surface area contributed by atoms with Gasteiger partial charge in [-0.3, -0.25) is 4.79 Å². The number of carbonyl (C=O) groups is 1. The van der Waals surface area contributed by atoms with Gasteiger partial charge in [0.05, 0.1) is 7.11 Å². The monoisotopic (exact) mass is 287 g/mol. The molecule has 112 valence electrons. The Bertz CT molecular complexity index is 537. The zero-order chi connectivity index (χ0) is 14.4. The smallest absolute Gasteiger partial charge is 0.270 e. The van der Waals surface area contributed by atoms with Gasteiger partial charge in [-0.15, -0.1) is 0 Å². The molecule has 5 heteroatoms. The summed E-state index contributed by atoms with van der Waals surface area (Å²) in [6.07, 6.45) is 8.93. The zero-order valence-electron chi connectivity index (χ0n) is 12.3. The Labute approximate surface area is 124 Å². The van der Waals surface area contributed by atoms with E-state index in [2.05, 4.69) is 15.3 Å². The Morgan fingerprint density at radius 1 is 1.19 bits per heavy atom. The predicted octanol–water partition coefficient (Wildman–Crippen LogP) is 2.18. The van der Waals surface area contributed by atoms with Crippen molar-refractivity contribution in [2.75, 3.05) is 7.11 Å². The highest BCUT2D eigenvalue weighted by Crippen LogP contribution is 2.55. The molecule has 1 aromatic heterocycles. The minimum atomic E-state index is -0.0855. The van der Waals surface area contributed by atoms with Gasteiger partial charge < -0.3 is 10.1 Å². The first-order valence-corrected chi connectivity index (χ1v) is 7.84. The van der Waals surface area contributed by atoms with Crippen molar-refractivity contribution in [3.8, 4) is 5.88 Å². The number of ether oxygens (including phenoxy) is 1. The van der Waals surface area contributed by atoms with Crippen molar-refractivity contribution in [2.24, 2.45) is 17.8 Å². The van der Waals surface area contributed by atoms with E-state index in [4.69, 9.17) is 4.74 Å². The number of aromatic nitrogens is 2. The molecular weight excluding hydrogens is 266 g/mol. The molecule has 0 saturated heterocycles. The SMILES string of the molecule is COc1cc(C(=O)NC23CC4CC(CC(C4)C2)C3)ncn1. The van der Waals surface area contributed by atoms with Crippen LogP contribution in [0.1, 0.15) is 49.0 Å². The summed E-state index contributed by atoms with van der Waals surface area (Å²) in [4.78, 5) is 20.6. The summed E-state index contributed by atoms with van der Waals surface area (Å²) in [5.41, 5.74) is 0.418. The molecule has 0 aromatic carbocycles. The molecule has 21 heavy (non-hydrogen) atoms. The average Bonchev–Trinajstić information content (AvgIpc) is 2.45. The maximum absolute atomic E-state index is 12.5. The topological polar surface area (TPSA) is 64.1 Å². The van der Waals surface area contributed by atoms with Crippen LogP contribution in [0.3, 0.4) is 0 Å². The Hall–Kier alpha value is -1.65. The fourth-order valence-corrected chi connectivity index (χ4v) is 5.14. The van der Waals surface area contributed by atoms with Crippen molar-refractivity contribution in [1.29, 1.82) is 0 Å². The first-order chi connectivity index (χ1) is 10.2. The van der Waals surface area contributed by atoms with Gasteiger partial charge in [-0.25, -0.2) is 9.97 Å². The van der Waals surface area contributed by atoms with Crippen LogP contribution >= 0.6 is 0 Å². The van der Waals surface area contributed by atoms with Gasteiger partial charge in [0, 0.05) is 11.6 Å². The second-order valence-electron chi connectivity index (χ2n) is 7.10. The lowest BCUT2D eigenvalue weighted by atomic mass is 9.53. The number of nitrogens with one attached hydrogen (secondary N) is 1. The third-order valence-corrected chi connectivity index (χ3v) is 5.50. The highest BCUT2D eigenvalue weighted by atomic mass is 16.5. The number of methoxy groups -OCH3 is 1. The highest BCUT2D eigenvalue weighted by molar-refractivity contribution is 5.93. The fraction of sp³-hybridized carbons (Fsp3) is 0.688. The van der Waals surface area contributed by atoms with Gasteiger partial charge in [-0.1, -0.05) is 0 Å². The molecule has 4 aliphatic rings. The van der Waals surface area contributed by atoms with E-state index in [0.717, 1.165) is 37.0 Å². The molecule has 5 rings (SSSR count). The lowest BCUT2D eigenvalue weighted by Gasteiger charge is -2.56. The van der Waals surface area contributed by atoms with Crippen molar-refractivity contribution in [3.05, 3.63) is 18.1 Å². The number of rotatable bonds is 3. The molecule has 0 aliphatic heterocycles. The molecule has 4 saturated carbocycles. The maximum atomic E-state index is 12.5. The first-order valence-electron chi connectivity index (χ1n) is 7.84. The lowest BCUT2D eigenvalue weighted by molar-refractivity contribution is -0.0168. The predicted molar refractivity (Wildman–Crippen MR) is 77.0 cm³/mol. The molecule has 1 aromatic rings. The quantitative estimate of drug-likeness (QED) is 0.925. The molecule has 1 N–H and O–H groups in total. The largest absolute Gasteiger partial charge is 0.481 e. The molecule has 0 atom stereocenters. The molecule has 4 fully saturated rings. The molecule has 1 amide bonds. The van der Waals surface area contributed by atoms with Crippen LogP contribution in [0, 0.1) is 17.8 Å². The third-order valence-electron chi connectivity index (χ3n) is 5.50. The molecule has 4 aliphatic carbocycles. The minimum absolute atomic E-state index is 0.0179. The summed E-state index contributed by atoms with van der Waals surface area (Å²) in [5, 5.41) is 3.31. The Balaban J connectivity index is 1.54. The second kappa shape index (κ2) is 4.68. The van der Waals surface area contributed by atoms with Crippen molar-refractivity contribution in [1.82, 2.24) is 15.3 Å². The normalized spacial score (nSPS) is 36.5. The molecule has 4 bridgehead atoms. The van der Waals surface area contributed by atoms with E-state index in [9.17, 15) is 4.79 Å². The Morgan fingerprint density at radius 3 is 2.38 bits per heavy atom. The number of hydrogen-bond acceptors (Lipinski definition) is 4. The van der Waals surface area contributed by atoms with E-state index >= 15 is 0 Å². The van der Waals surface area contributed by atoms with Crippen LogP contribution in [0.5, 0.6) is 5.88 Å². The van der Waals surface area contributed by atoms with Crippen LogP contribution < -0.4 is 10.1 Å². The summed E-state index contributed by atoms with van der Waals surface area (Å²) in [6, 6.07) is 1.61. The molecule has 5 nitrogen and oxygen atoms in total. The molecule has 1 heterocycles. The van der Waals surface area contributed by atoms with Crippen LogP contribution in [0.25, 0.3) is 0 Å². The standard InChI is InChI=1S/C16H21N3O2/c1-21-14-5-13(17-9-18-14)15(20)19-16-6-10-2-11(7-16)4-12(3-10)8-16/h5,9-12H,2-4,6-8H2,1H3,(H,19,20). The highest BCUT2D eigenvalue weighted by Gasteiger charge is 2.51. The molecule has 0 spiro atoms. The fourth-order valence-electron chi connectivity index (χ4n) is 5.14. The number of carbonyl (C=O) groups excluding carboxylic acids is 1. The van der Waals surface area contributed by atoms with Gasteiger partial charge in [0.15, 0.2) is 0 Å². The van der Waals surface area contributed by atoms with Crippen LogP contribution in [-0.4, -0.2) is 28.5 Å². The van der Waals surface area contributed by atoms with E-state index in [-0.39, 0.29) is 11.4 Å². The average molecular weight is 287 g/mol. The van der Waals surface area contributed by atoms with Gasteiger partial charge in [0.1, 0.15) is 12.0 Å². The van der Waals surface area contributed by atoms with Gasteiger partial charge in [-0.2, -0.15) is 0 Å². The summed E-state index contributed by atoms with van der Waals surface area (Å²) in [6.45, 7) is 0. The Morgan fingerprint density at radius 2 is 1.81 bits per heavy atom. The minimum Gasteiger partial charge on any atom is -0.481 e. The van der Waals surface area contributed by atoms with Gasteiger partial charge in [0.25, 0.3) is 5.91 Å².